The van der Waals surface area contributed by atoms with Crippen LogP contribution in [0, 0.1) is 0 Å². The molecule has 4 heterocycles. The van der Waals surface area contributed by atoms with Crippen molar-refractivity contribution in [1.82, 2.24) is 5.32 Å². The minimum Gasteiger partial charge on any atom is -0.489 e. The number of cyclic esters (lactones) is 1. The highest BCUT2D eigenvalue weighted by atomic mass is 35.5. The Morgan fingerprint density at radius 3 is 2.91 bits per heavy atom. The highest BCUT2D eigenvalue weighted by Gasteiger charge is 2.47. The van der Waals surface area contributed by atoms with Crippen molar-refractivity contribution >= 4 is 52.3 Å². The molecule has 0 saturated carbocycles. The van der Waals surface area contributed by atoms with Crippen molar-refractivity contribution in [2.24, 2.45) is 0 Å². The first-order valence-corrected chi connectivity index (χ1v) is 11.8. The fourth-order valence-corrected chi connectivity index (χ4v) is 5.51. The summed E-state index contributed by atoms with van der Waals surface area (Å²) >= 11 is 7.08. The molecule has 33 heavy (non-hydrogen) atoms. The number of carbonyl (C=O) groups excluding carboxylic acids is 3. The zero-order valence-electron chi connectivity index (χ0n) is 17.8. The van der Waals surface area contributed by atoms with Gasteiger partial charge in [-0.15, -0.1) is 11.3 Å². The molecule has 0 bridgehead atoms. The van der Waals surface area contributed by atoms with Crippen molar-refractivity contribution in [3.05, 3.63) is 39.5 Å². The standard InChI is InChI=1S/C22H22ClN3O6S/c1-30-21(28)14-3-2-8-25(14)12-4-5-13-16(9-12)31-11-15-17(32-22(29)26(13)15)10-24-20(27)18-6-7-19(23)33-18/h4-7,9,14-15,17H,2-3,8,10-11H2,1H3,(H,24,27)/t14-,15-,17-/m0/s1. The molecule has 11 heteroatoms. The summed E-state index contributed by atoms with van der Waals surface area (Å²) in [5.41, 5.74) is 1.44. The summed E-state index contributed by atoms with van der Waals surface area (Å²) in [4.78, 5) is 41.2. The van der Waals surface area contributed by atoms with Crippen LogP contribution in [-0.2, 0) is 14.3 Å². The normalized spacial score (nSPS) is 23.5. The molecule has 2 saturated heterocycles. The molecule has 0 spiro atoms. The molecule has 2 aromatic rings. The maximum absolute atomic E-state index is 12.7. The Kier molecular flexibility index (Phi) is 5.79. The van der Waals surface area contributed by atoms with Crippen LogP contribution < -0.4 is 19.9 Å². The lowest BCUT2D eigenvalue weighted by Crippen LogP contribution is -2.47. The third kappa shape index (κ3) is 3.97. The predicted octanol–water partition coefficient (Wildman–Crippen LogP) is 3.06. The van der Waals surface area contributed by atoms with Gasteiger partial charge in [0, 0.05) is 18.3 Å². The Bertz CT molecular complexity index is 1110. The van der Waals surface area contributed by atoms with Gasteiger partial charge in [0.05, 0.1) is 28.6 Å². The fourth-order valence-electron chi connectivity index (χ4n) is 4.55. The maximum Gasteiger partial charge on any atom is 0.415 e. The lowest BCUT2D eigenvalue weighted by atomic mass is 10.1. The van der Waals surface area contributed by atoms with E-state index in [1.807, 2.05) is 17.0 Å². The maximum atomic E-state index is 12.7. The second kappa shape index (κ2) is 8.75. The molecule has 3 aliphatic heterocycles. The number of rotatable bonds is 5. The van der Waals surface area contributed by atoms with Gasteiger partial charge >= 0.3 is 12.1 Å². The van der Waals surface area contributed by atoms with Gasteiger partial charge in [-0.25, -0.2) is 9.59 Å². The van der Waals surface area contributed by atoms with Crippen LogP contribution in [0.15, 0.2) is 30.3 Å². The van der Waals surface area contributed by atoms with Gasteiger partial charge in [-0.2, -0.15) is 0 Å². The average Bonchev–Trinajstić information content (AvgIpc) is 3.55. The molecule has 0 unspecified atom stereocenters. The lowest BCUT2D eigenvalue weighted by Gasteiger charge is -2.33. The van der Waals surface area contributed by atoms with Crippen molar-refractivity contribution in [3.63, 3.8) is 0 Å². The van der Waals surface area contributed by atoms with Gasteiger partial charge in [0.2, 0.25) is 0 Å². The van der Waals surface area contributed by atoms with Crippen LogP contribution >= 0.6 is 22.9 Å². The summed E-state index contributed by atoms with van der Waals surface area (Å²) in [5, 5.41) is 2.80. The summed E-state index contributed by atoms with van der Waals surface area (Å²) in [6.45, 7) is 1.13. The molecule has 2 amide bonds. The van der Waals surface area contributed by atoms with E-state index >= 15 is 0 Å². The molecular weight excluding hydrogens is 470 g/mol. The highest BCUT2D eigenvalue weighted by molar-refractivity contribution is 7.18. The third-order valence-electron chi connectivity index (χ3n) is 6.14. The summed E-state index contributed by atoms with van der Waals surface area (Å²) < 4.78 is 17.0. The zero-order chi connectivity index (χ0) is 23.1. The summed E-state index contributed by atoms with van der Waals surface area (Å²) in [7, 11) is 1.39. The minimum absolute atomic E-state index is 0.159. The largest absolute Gasteiger partial charge is 0.489 e. The number of hydrogen-bond acceptors (Lipinski definition) is 8. The van der Waals surface area contributed by atoms with Crippen LogP contribution in [0.1, 0.15) is 22.5 Å². The smallest absolute Gasteiger partial charge is 0.415 e. The quantitative estimate of drug-likeness (QED) is 0.642. The number of ether oxygens (including phenoxy) is 3. The first-order valence-electron chi connectivity index (χ1n) is 10.6. The first kappa shape index (κ1) is 21.8. The van der Waals surface area contributed by atoms with Crippen LogP contribution in [-0.4, -0.2) is 63.0 Å². The van der Waals surface area contributed by atoms with Crippen LogP contribution in [0.2, 0.25) is 4.34 Å². The number of esters is 1. The van der Waals surface area contributed by atoms with Crippen LogP contribution in [0.4, 0.5) is 16.2 Å². The van der Waals surface area contributed by atoms with E-state index in [9.17, 15) is 14.4 Å². The van der Waals surface area contributed by atoms with E-state index < -0.39 is 12.2 Å². The van der Waals surface area contributed by atoms with E-state index in [0.29, 0.717) is 20.7 Å². The molecule has 0 radical (unpaired) electrons. The molecule has 174 valence electrons. The molecule has 1 aromatic carbocycles. The molecule has 1 aromatic heterocycles. The van der Waals surface area contributed by atoms with Gasteiger partial charge < -0.3 is 24.4 Å². The van der Waals surface area contributed by atoms with Crippen LogP contribution in [0.5, 0.6) is 5.75 Å². The number of fused-ring (bicyclic) bond motifs is 3. The number of benzene rings is 1. The average molecular weight is 492 g/mol. The van der Waals surface area contributed by atoms with Crippen molar-refractivity contribution in [2.75, 3.05) is 36.6 Å². The Balaban J connectivity index is 1.30. The fraction of sp³-hybridized carbons (Fsp3) is 0.409. The van der Waals surface area contributed by atoms with Gasteiger partial charge in [0.15, 0.2) is 0 Å². The number of nitrogens with one attached hydrogen (secondary N) is 1. The van der Waals surface area contributed by atoms with Gasteiger partial charge in [-0.3, -0.25) is 9.69 Å². The molecule has 3 aliphatic rings. The van der Waals surface area contributed by atoms with Crippen molar-refractivity contribution in [1.29, 1.82) is 0 Å². The molecule has 9 nitrogen and oxygen atoms in total. The number of thiophene rings is 1. The first-order chi connectivity index (χ1) is 16.0. The number of anilines is 2. The number of amides is 2. The monoisotopic (exact) mass is 491 g/mol. The summed E-state index contributed by atoms with van der Waals surface area (Å²) in [6, 6.07) is 8.14. The third-order valence-corrected chi connectivity index (χ3v) is 7.37. The lowest BCUT2D eigenvalue weighted by molar-refractivity contribution is -0.141. The summed E-state index contributed by atoms with van der Waals surface area (Å²) in [6.07, 6.45) is 0.593. The van der Waals surface area contributed by atoms with Crippen LogP contribution in [0.25, 0.3) is 0 Å². The van der Waals surface area contributed by atoms with Gasteiger partial charge in [0.1, 0.15) is 30.5 Å². The van der Waals surface area contributed by atoms with Crippen molar-refractivity contribution in [3.8, 4) is 5.75 Å². The van der Waals surface area contributed by atoms with Gasteiger partial charge in [-0.1, -0.05) is 11.6 Å². The molecule has 1 N–H and O–H groups in total. The SMILES string of the molecule is COC(=O)[C@@H]1CCCN1c1ccc2c(c1)OC[C@H]1[C@H](CNC(=O)c3ccc(Cl)s3)OC(=O)N21. The van der Waals surface area contributed by atoms with E-state index in [1.54, 1.807) is 23.1 Å². The van der Waals surface area contributed by atoms with Crippen molar-refractivity contribution in [2.45, 2.75) is 31.0 Å². The van der Waals surface area contributed by atoms with E-state index in [-0.39, 0.29) is 37.1 Å². The predicted molar refractivity (Wildman–Crippen MR) is 123 cm³/mol. The van der Waals surface area contributed by atoms with E-state index in [0.717, 1.165) is 25.1 Å². The summed E-state index contributed by atoms with van der Waals surface area (Å²) in [5.74, 6) is 0.0205. The number of nitrogens with zero attached hydrogens (tertiary/aromatic N) is 2. The number of halogens is 1. The molecule has 2 fully saturated rings. The number of hydrogen-bond donors (Lipinski definition) is 1. The molecule has 0 aliphatic carbocycles. The Morgan fingerprint density at radius 1 is 1.30 bits per heavy atom. The Hall–Kier alpha value is -2.98. The molecule has 3 atom stereocenters. The van der Waals surface area contributed by atoms with Crippen molar-refractivity contribution < 1.29 is 28.6 Å². The zero-order valence-corrected chi connectivity index (χ0v) is 19.4. The number of carbonyl (C=O) groups is 3. The highest BCUT2D eigenvalue weighted by Crippen LogP contribution is 2.42. The van der Waals surface area contributed by atoms with Gasteiger partial charge in [0.25, 0.3) is 5.91 Å². The van der Waals surface area contributed by atoms with E-state index in [1.165, 1.54) is 18.4 Å². The Morgan fingerprint density at radius 2 is 2.15 bits per heavy atom. The molecular formula is C22H22ClN3O6S. The molecule has 5 rings (SSSR count). The van der Waals surface area contributed by atoms with Gasteiger partial charge in [-0.05, 0) is 37.1 Å². The van der Waals surface area contributed by atoms with Crippen LogP contribution in [0.3, 0.4) is 0 Å². The second-order valence-electron chi connectivity index (χ2n) is 8.01. The minimum atomic E-state index is -0.549. The van der Waals surface area contributed by atoms with E-state index in [4.69, 9.17) is 25.8 Å². The van der Waals surface area contributed by atoms with E-state index in [2.05, 4.69) is 5.32 Å². The Labute approximate surface area is 199 Å². The second-order valence-corrected chi connectivity index (χ2v) is 9.73. The topological polar surface area (TPSA) is 97.4 Å². The number of methoxy groups -OCH3 is 1.